The second-order valence-electron chi connectivity index (χ2n) is 9.38. The molecule has 2 aromatic carbocycles. The Kier molecular flexibility index (Phi) is 7.45. The van der Waals surface area contributed by atoms with Crippen molar-refractivity contribution in [3.8, 4) is 11.4 Å². The van der Waals surface area contributed by atoms with Crippen LogP contribution in [0, 0.1) is 0 Å². The van der Waals surface area contributed by atoms with Crippen molar-refractivity contribution in [2.24, 2.45) is 0 Å². The van der Waals surface area contributed by atoms with E-state index in [4.69, 9.17) is 14.6 Å². The van der Waals surface area contributed by atoms with Gasteiger partial charge in [-0.2, -0.15) is 5.10 Å². The fourth-order valence-corrected chi connectivity index (χ4v) is 5.03. The van der Waals surface area contributed by atoms with Gasteiger partial charge in [-0.25, -0.2) is 4.68 Å². The molecular weight excluding hydrogens is 440 g/mol. The van der Waals surface area contributed by atoms with E-state index in [0.29, 0.717) is 24.9 Å². The first-order chi connectivity index (χ1) is 17.2. The number of para-hydroxylation sites is 1. The van der Waals surface area contributed by atoms with E-state index < -0.39 is 0 Å². The number of aromatic nitrogens is 2. The van der Waals surface area contributed by atoms with Crippen LogP contribution in [0.25, 0.3) is 5.69 Å². The number of hydrogen-bond acceptors (Lipinski definition) is 5. The maximum absolute atomic E-state index is 13.1. The number of nitrogens with one attached hydrogen (secondary N) is 1. The van der Waals surface area contributed by atoms with E-state index in [1.807, 2.05) is 59.3 Å². The number of carbonyl (C=O) groups is 1. The largest absolute Gasteiger partial charge is 0.492 e. The van der Waals surface area contributed by atoms with Crippen LogP contribution < -0.4 is 10.1 Å². The zero-order valence-electron chi connectivity index (χ0n) is 20.4. The van der Waals surface area contributed by atoms with Gasteiger partial charge in [-0.3, -0.25) is 9.69 Å². The molecule has 35 heavy (non-hydrogen) atoms. The van der Waals surface area contributed by atoms with Crippen LogP contribution in [0.2, 0.25) is 0 Å². The average molecular weight is 475 g/mol. The summed E-state index contributed by atoms with van der Waals surface area (Å²) in [7, 11) is 2.15. The Labute approximate surface area is 207 Å². The first kappa shape index (κ1) is 23.6. The quantitative estimate of drug-likeness (QED) is 0.511. The SMILES string of the molecule is CN(CCOc1cccc(CNC(=O)c2nn(-c3ccccc3)c3c2CCC3)c1)C1CCOCC1. The minimum atomic E-state index is -0.123. The normalized spacial score (nSPS) is 15.8. The van der Waals surface area contributed by atoms with Crippen LogP contribution in [0.15, 0.2) is 54.6 Å². The molecule has 0 bridgehead atoms. The van der Waals surface area contributed by atoms with Crippen LogP contribution in [0.3, 0.4) is 0 Å². The predicted octanol–water partition coefficient (Wildman–Crippen LogP) is 3.78. The number of hydrogen-bond donors (Lipinski definition) is 1. The Bertz CT molecular complexity index is 1140. The van der Waals surface area contributed by atoms with Gasteiger partial charge in [0.1, 0.15) is 12.4 Å². The lowest BCUT2D eigenvalue weighted by Crippen LogP contribution is -2.38. The van der Waals surface area contributed by atoms with Gasteiger partial charge in [0.05, 0.1) is 5.69 Å². The number of ether oxygens (including phenoxy) is 2. The van der Waals surface area contributed by atoms with E-state index in [1.165, 1.54) is 0 Å². The standard InChI is InChI=1S/C28H34N4O3/c1-31(22-13-16-34-17-14-22)15-18-35-24-10-5-7-21(19-24)20-29-28(33)27-25-11-6-12-26(25)32(30-27)23-8-3-2-4-9-23/h2-5,7-10,19,22H,6,11-18,20H2,1H3,(H,29,33). The highest BCUT2D eigenvalue weighted by Gasteiger charge is 2.26. The lowest BCUT2D eigenvalue weighted by Gasteiger charge is -2.31. The van der Waals surface area contributed by atoms with Crippen LogP contribution in [-0.2, 0) is 24.1 Å². The van der Waals surface area contributed by atoms with Crippen molar-refractivity contribution in [1.29, 1.82) is 0 Å². The van der Waals surface area contributed by atoms with E-state index in [2.05, 4.69) is 17.3 Å². The number of likely N-dealkylation sites (N-methyl/N-ethyl adjacent to an activating group) is 1. The molecule has 7 nitrogen and oxygen atoms in total. The summed E-state index contributed by atoms with van der Waals surface area (Å²) >= 11 is 0. The van der Waals surface area contributed by atoms with E-state index in [0.717, 1.165) is 80.1 Å². The third-order valence-corrected chi connectivity index (χ3v) is 7.02. The number of fused-ring (bicyclic) bond motifs is 1. The molecule has 1 saturated heterocycles. The topological polar surface area (TPSA) is 68.6 Å². The van der Waals surface area contributed by atoms with Crippen molar-refractivity contribution in [2.45, 2.75) is 44.7 Å². The van der Waals surface area contributed by atoms with Crippen molar-refractivity contribution < 1.29 is 14.3 Å². The molecule has 0 atom stereocenters. The maximum atomic E-state index is 13.1. The molecule has 0 unspecified atom stereocenters. The number of nitrogens with zero attached hydrogens (tertiary/aromatic N) is 3. The molecule has 3 aromatic rings. The van der Waals surface area contributed by atoms with E-state index in [1.54, 1.807) is 0 Å². The molecule has 1 aliphatic heterocycles. The van der Waals surface area contributed by atoms with Gasteiger partial charge >= 0.3 is 0 Å². The predicted molar refractivity (Wildman–Crippen MR) is 135 cm³/mol. The Hall–Kier alpha value is -3.16. The minimum Gasteiger partial charge on any atom is -0.492 e. The van der Waals surface area contributed by atoms with Crippen LogP contribution in [0.1, 0.15) is 46.6 Å². The first-order valence-electron chi connectivity index (χ1n) is 12.6. The van der Waals surface area contributed by atoms with Gasteiger partial charge in [-0.05, 0) is 69.0 Å². The van der Waals surface area contributed by atoms with Crippen LogP contribution in [0.5, 0.6) is 5.75 Å². The van der Waals surface area contributed by atoms with E-state index in [-0.39, 0.29) is 5.91 Å². The molecule has 0 radical (unpaired) electrons. The molecule has 1 amide bonds. The summed E-state index contributed by atoms with van der Waals surface area (Å²) in [4.78, 5) is 15.4. The lowest BCUT2D eigenvalue weighted by atomic mass is 10.1. The second kappa shape index (κ2) is 11.1. The van der Waals surface area contributed by atoms with E-state index >= 15 is 0 Å². The zero-order valence-corrected chi connectivity index (χ0v) is 20.4. The molecule has 184 valence electrons. The summed E-state index contributed by atoms with van der Waals surface area (Å²) in [5, 5.41) is 7.76. The van der Waals surface area contributed by atoms with Crippen molar-refractivity contribution in [3.05, 3.63) is 77.1 Å². The van der Waals surface area contributed by atoms with Gasteiger partial charge < -0.3 is 14.8 Å². The minimum absolute atomic E-state index is 0.123. The van der Waals surface area contributed by atoms with Gasteiger partial charge in [0.25, 0.3) is 5.91 Å². The molecule has 1 fully saturated rings. The summed E-state index contributed by atoms with van der Waals surface area (Å²) in [6, 6.07) is 18.6. The summed E-state index contributed by atoms with van der Waals surface area (Å²) in [5.41, 5.74) is 4.79. The lowest BCUT2D eigenvalue weighted by molar-refractivity contribution is 0.0392. The summed E-state index contributed by atoms with van der Waals surface area (Å²) in [6.07, 6.45) is 5.07. The van der Waals surface area contributed by atoms with Crippen LogP contribution >= 0.6 is 0 Å². The number of carbonyl (C=O) groups excluding carboxylic acids is 1. The van der Waals surface area contributed by atoms with Crippen LogP contribution in [-0.4, -0.2) is 60.0 Å². The van der Waals surface area contributed by atoms with Crippen molar-refractivity contribution in [3.63, 3.8) is 0 Å². The average Bonchev–Trinajstić information content (AvgIpc) is 3.52. The van der Waals surface area contributed by atoms with Crippen molar-refractivity contribution in [1.82, 2.24) is 20.0 Å². The molecule has 2 heterocycles. The third kappa shape index (κ3) is 5.57. The van der Waals surface area contributed by atoms with Gasteiger partial charge in [-0.1, -0.05) is 30.3 Å². The van der Waals surface area contributed by atoms with Gasteiger partial charge in [0.2, 0.25) is 0 Å². The third-order valence-electron chi connectivity index (χ3n) is 7.02. The number of rotatable bonds is 9. The number of amides is 1. The first-order valence-corrected chi connectivity index (χ1v) is 12.6. The summed E-state index contributed by atoms with van der Waals surface area (Å²) in [6.45, 7) is 3.64. The molecule has 1 N–H and O–H groups in total. The zero-order chi connectivity index (χ0) is 24.0. The Morgan fingerprint density at radius 3 is 2.80 bits per heavy atom. The summed E-state index contributed by atoms with van der Waals surface area (Å²) in [5.74, 6) is 0.702. The summed E-state index contributed by atoms with van der Waals surface area (Å²) < 4.78 is 13.4. The van der Waals surface area contributed by atoms with Crippen molar-refractivity contribution >= 4 is 5.91 Å². The molecule has 1 aromatic heterocycles. The molecule has 0 saturated carbocycles. The fourth-order valence-electron chi connectivity index (χ4n) is 5.03. The Morgan fingerprint density at radius 2 is 1.97 bits per heavy atom. The molecular formula is C28H34N4O3. The van der Waals surface area contributed by atoms with Gasteiger partial charge in [0, 0.05) is 43.6 Å². The molecule has 5 rings (SSSR count). The van der Waals surface area contributed by atoms with E-state index in [9.17, 15) is 4.79 Å². The van der Waals surface area contributed by atoms with Crippen LogP contribution in [0.4, 0.5) is 0 Å². The molecule has 1 aliphatic carbocycles. The maximum Gasteiger partial charge on any atom is 0.272 e. The fraction of sp³-hybridized carbons (Fsp3) is 0.429. The highest BCUT2D eigenvalue weighted by atomic mass is 16.5. The van der Waals surface area contributed by atoms with Gasteiger partial charge in [-0.15, -0.1) is 0 Å². The number of benzene rings is 2. The molecule has 2 aliphatic rings. The smallest absolute Gasteiger partial charge is 0.272 e. The molecule has 7 heteroatoms. The van der Waals surface area contributed by atoms with Gasteiger partial charge in [0.15, 0.2) is 5.69 Å². The Balaban J connectivity index is 1.17. The monoisotopic (exact) mass is 474 g/mol. The Morgan fingerprint density at radius 1 is 1.14 bits per heavy atom. The highest BCUT2D eigenvalue weighted by Crippen LogP contribution is 2.28. The second-order valence-corrected chi connectivity index (χ2v) is 9.38. The molecule has 0 spiro atoms. The highest BCUT2D eigenvalue weighted by molar-refractivity contribution is 5.94. The van der Waals surface area contributed by atoms with Crippen molar-refractivity contribution in [2.75, 3.05) is 33.4 Å².